The summed E-state index contributed by atoms with van der Waals surface area (Å²) in [5, 5.41) is 14.4. The maximum Gasteiger partial charge on any atom is 0.258 e. The number of amides is 1. The summed E-state index contributed by atoms with van der Waals surface area (Å²) < 4.78 is 1.44. The fourth-order valence-electron chi connectivity index (χ4n) is 1.69. The molecular weight excluding hydrogens is 232 g/mol. The van der Waals surface area contributed by atoms with Crippen molar-refractivity contribution in [2.75, 3.05) is 5.32 Å². The molecule has 0 radical (unpaired) electrons. The van der Waals surface area contributed by atoms with Crippen LogP contribution >= 0.6 is 0 Å². The third-order valence-electron chi connectivity index (χ3n) is 2.53. The summed E-state index contributed by atoms with van der Waals surface area (Å²) in [5.74, 6) is 1.09. The highest BCUT2D eigenvalue weighted by atomic mass is 16.1. The first-order valence-electron chi connectivity index (χ1n) is 5.38. The topological polar surface area (TPSA) is 98.2 Å². The van der Waals surface area contributed by atoms with Crippen LogP contribution in [0.25, 0.3) is 0 Å². The van der Waals surface area contributed by atoms with Crippen LogP contribution in [-0.2, 0) is 6.42 Å². The molecule has 0 spiro atoms. The van der Waals surface area contributed by atoms with Gasteiger partial charge in [-0.05, 0) is 12.1 Å². The predicted molar refractivity (Wildman–Crippen MR) is 65.1 cm³/mol. The number of nitrogens with zero attached hydrogens (tertiary/aromatic N) is 4. The Morgan fingerprint density at radius 2 is 2.06 bits per heavy atom. The minimum Gasteiger partial charge on any atom is -0.385 e. The number of aromatic nitrogens is 3. The number of fused-ring (bicyclic) bond motifs is 1. The standard InChI is InChI=1S/C11H10N6O/c12-8-6-9-14-15-11(17(9)16-8)13-10(18)7-4-2-1-3-5-7/h1-5H,6H2,(H2,12,16)(H,13,15,18). The average Bonchev–Trinajstić information content (AvgIpc) is 2.91. The van der Waals surface area contributed by atoms with Gasteiger partial charge >= 0.3 is 0 Å². The number of anilines is 1. The molecule has 18 heavy (non-hydrogen) atoms. The number of nitrogens with two attached hydrogens (primary N) is 1. The van der Waals surface area contributed by atoms with Crippen LogP contribution in [0.2, 0.25) is 0 Å². The van der Waals surface area contributed by atoms with Crippen molar-refractivity contribution in [3.63, 3.8) is 0 Å². The SMILES string of the molecule is NC1=Nn2c(nnc2NC(=O)c2ccccc2)C1. The zero-order valence-corrected chi connectivity index (χ0v) is 9.37. The van der Waals surface area contributed by atoms with Gasteiger partial charge in [0.2, 0.25) is 0 Å². The average molecular weight is 242 g/mol. The van der Waals surface area contributed by atoms with Gasteiger partial charge in [-0.25, -0.2) is 0 Å². The van der Waals surface area contributed by atoms with Crippen LogP contribution in [0.3, 0.4) is 0 Å². The van der Waals surface area contributed by atoms with Gasteiger partial charge in [0.25, 0.3) is 11.9 Å². The van der Waals surface area contributed by atoms with Crippen molar-refractivity contribution in [3.8, 4) is 0 Å². The molecule has 1 aliphatic heterocycles. The molecule has 0 aliphatic carbocycles. The summed E-state index contributed by atoms with van der Waals surface area (Å²) in [6.07, 6.45) is 0.453. The fourth-order valence-corrected chi connectivity index (χ4v) is 1.69. The molecule has 3 rings (SSSR count). The lowest BCUT2D eigenvalue weighted by Gasteiger charge is -2.02. The van der Waals surface area contributed by atoms with Gasteiger partial charge in [-0.3, -0.25) is 10.1 Å². The van der Waals surface area contributed by atoms with E-state index in [0.717, 1.165) is 0 Å². The van der Waals surface area contributed by atoms with Gasteiger partial charge in [0.1, 0.15) is 5.84 Å². The van der Waals surface area contributed by atoms with Crippen LogP contribution in [0.4, 0.5) is 5.95 Å². The third-order valence-corrected chi connectivity index (χ3v) is 2.53. The monoisotopic (exact) mass is 242 g/mol. The molecular formula is C11H10N6O. The number of rotatable bonds is 2. The Morgan fingerprint density at radius 1 is 1.28 bits per heavy atom. The van der Waals surface area contributed by atoms with E-state index >= 15 is 0 Å². The summed E-state index contributed by atoms with van der Waals surface area (Å²) in [7, 11) is 0. The zero-order chi connectivity index (χ0) is 12.5. The Bertz CT molecular complexity index is 630. The molecule has 7 nitrogen and oxygen atoms in total. The summed E-state index contributed by atoms with van der Waals surface area (Å²) >= 11 is 0. The first kappa shape index (κ1) is 10.5. The molecule has 0 saturated heterocycles. The second-order valence-electron chi connectivity index (χ2n) is 3.84. The highest BCUT2D eigenvalue weighted by molar-refractivity contribution is 6.03. The van der Waals surface area contributed by atoms with Gasteiger partial charge in [-0.15, -0.1) is 10.2 Å². The van der Waals surface area contributed by atoms with E-state index in [2.05, 4.69) is 20.6 Å². The maximum absolute atomic E-state index is 11.9. The van der Waals surface area contributed by atoms with E-state index in [4.69, 9.17) is 5.73 Å². The highest BCUT2D eigenvalue weighted by Crippen LogP contribution is 2.14. The van der Waals surface area contributed by atoms with Gasteiger partial charge in [0.05, 0.1) is 6.42 Å². The number of carbonyl (C=O) groups is 1. The molecule has 0 bridgehead atoms. The van der Waals surface area contributed by atoms with E-state index in [1.54, 1.807) is 24.3 Å². The summed E-state index contributed by atoms with van der Waals surface area (Å²) in [6.45, 7) is 0. The lowest BCUT2D eigenvalue weighted by Crippen LogP contribution is -2.15. The third kappa shape index (κ3) is 1.71. The molecule has 3 N–H and O–H groups in total. The Morgan fingerprint density at radius 3 is 2.83 bits per heavy atom. The van der Waals surface area contributed by atoms with Crippen molar-refractivity contribution >= 4 is 17.7 Å². The second-order valence-corrected chi connectivity index (χ2v) is 3.84. The smallest absolute Gasteiger partial charge is 0.258 e. The van der Waals surface area contributed by atoms with Crippen LogP contribution in [0.5, 0.6) is 0 Å². The lowest BCUT2D eigenvalue weighted by molar-refractivity contribution is 0.102. The van der Waals surface area contributed by atoms with Crippen LogP contribution in [0, 0.1) is 0 Å². The van der Waals surface area contributed by atoms with Gasteiger partial charge in [-0.1, -0.05) is 18.2 Å². The highest BCUT2D eigenvalue weighted by Gasteiger charge is 2.20. The molecule has 2 aromatic rings. The first-order chi connectivity index (χ1) is 8.74. The van der Waals surface area contributed by atoms with Crippen molar-refractivity contribution in [2.45, 2.75) is 6.42 Å². The lowest BCUT2D eigenvalue weighted by atomic mass is 10.2. The molecule has 1 amide bonds. The van der Waals surface area contributed by atoms with Gasteiger partial charge in [0, 0.05) is 5.56 Å². The van der Waals surface area contributed by atoms with E-state index in [1.807, 2.05) is 6.07 Å². The van der Waals surface area contributed by atoms with Gasteiger partial charge in [-0.2, -0.15) is 9.78 Å². The summed E-state index contributed by atoms with van der Waals surface area (Å²) in [6, 6.07) is 8.86. The summed E-state index contributed by atoms with van der Waals surface area (Å²) in [5.41, 5.74) is 6.14. The minimum atomic E-state index is -0.258. The van der Waals surface area contributed by atoms with Crippen molar-refractivity contribution in [2.24, 2.45) is 10.8 Å². The van der Waals surface area contributed by atoms with E-state index in [0.29, 0.717) is 23.6 Å². The maximum atomic E-state index is 11.9. The number of carbonyl (C=O) groups excluding carboxylic acids is 1. The number of nitrogens with one attached hydrogen (secondary N) is 1. The molecule has 0 unspecified atom stereocenters. The van der Waals surface area contributed by atoms with E-state index in [1.165, 1.54) is 4.68 Å². The van der Waals surface area contributed by atoms with E-state index in [-0.39, 0.29) is 11.9 Å². The Kier molecular flexibility index (Phi) is 2.30. The van der Waals surface area contributed by atoms with Crippen molar-refractivity contribution in [1.82, 2.24) is 14.9 Å². The fraction of sp³-hybridized carbons (Fsp3) is 0.0909. The minimum absolute atomic E-state index is 0.258. The normalized spacial score (nSPS) is 13.0. The van der Waals surface area contributed by atoms with Crippen LogP contribution in [0.15, 0.2) is 35.4 Å². The predicted octanol–water partition coefficient (Wildman–Crippen LogP) is 0.207. The van der Waals surface area contributed by atoms with Crippen molar-refractivity contribution in [1.29, 1.82) is 0 Å². The molecule has 0 atom stereocenters. The van der Waals surface area contributed by atoms with Gasteiger partial charge < -0.3 is 5.73 Å². The van der Waals surface area contributed by atoms with Crippen LogP contribution in [0.1, 0.15) is 16.2 Å². The molecule has 90 valence electrons. The molecule has 1 aliphatic rings. The molecule has 2 heterocycles. The second kappa shape index (κ2) is 3.95. The number of amidine groups is 1. The molecule has 0 saturated carbocycles. The number of benzene rings is 1. The van der Waals surface area contributed by atoms with E-state index in [9.17, 15) is 4.79 Å². The van der Waals surface area contributed by atoms with E-state index < -0.39 is 0 Å². The number of hydrogen-bond acceptors (Lipinski definition) is 5. The Balaban J connectivity index is 1.85. The zero-order valence-electron chi connectivity index (χ0n) is 9.37. The number of hydrogen-bond donors (Lipinski definition) is 2. The summed E-state index contributed by atoms with van der Waals surface area (Å²) in [4.78, 5) is 11.9. The Labute approximate surface area is 102 Å². The molecule has 7 heteroatoms. The van der Waals surface area contributed by atoms with Crippen molar-refractivity contribution < 1.29 is 4.79 Å². The molecule has 0 fully saturated rings. The van der Waals surface area contributed by atoms with Crippen molar-refractivity contribution in [3.05, 3.63) is 41.7 Å². The van der Waals surface area contributed by atoms with Crippen LogP contribution < -0.4 is 11.1 Å². The quantitative estimate of drug-likeness (QED) is 0.786. The van der Waals surface area contributed by atoms with Crippen LogP contribution in [-0.4, -0.2) is 26.6 Å². The molecule has 1 aromatic carbocycles. The largest absolute Gasteiger partial charge is 0.385 e. The van der Waals surface area contributed by atoms with Gasteiger partial charge in [0.15, 0.2) is 5.82 Å². The Hall–Kier alpha value is -2.70. The first-order valence-corrected chi connectivity index (χ1v) is 5.38. The molecule has 1 aromatic heterocycles.